The first-order valence-corrected chi connectivity index (χ1v) is 8.52. The summed E-state index contributed by atoms with van der Waals surface area (Å²) in [7, 11) is 0. The monoisotopic (exact) mass is 351 g/mol. The molecular weight excluding hydrogens is 326 g/mol. The Bertz CT molecular complexity index is 604. The molecule has 24 heavy (non-hydrogen) atoms. The van der Waals surface area contributed by atoms with E-state index in [9.17, 15) is 9.59 Å². The first-order valence-electron chi connectivity index (χ1n) is 8.52. The van der Waals surface area contributed by atoms with Crippen LogP contribution in [0.4, 0.5) is 5.69 Å². The molecule has 1 saturated heterocycles. The Balaban J connectivity index is 0.00000208. The van der Waals surface area contributed by atoms with Gasteiger partial charge >= 0.3 is 0 Å². The van der Waals surface area contributed by atoms with Gasteiger partial charge in [-0.25, -0.2) is 0 Å². The van der Waals surface area contributed by atoms with Crippen LogP contribution in [-0.4, -0.2) is 30.9 Å². The van der Waals surface area contributed by atoms with Crippen LogP contribution in [0.15, 0.2) is 24.3 Å². The van der Waals surface area contributed by atoms with Gasteiger partial charge in [0.2, 0.25) is 11.8 Å². The lowest BCUT2D eigenvalue weighted by Crippen LogP contribution is -2.45. The molecule has 1 aromatic carbocycles. The summed E-state index contributed by atoms with van der Waals surface area (Å²) in [6.07, 6.45) is 3.43. The number of anilines is 1. The van der Waals surface area contributed by atoms with E-state index in [1.165, 1.54) is 0 Å². The lowest BCUT2D eigenvalue weighted by atomic mass is 10.1. The van der Waals surface area contributed by atoms with Crippen LogP contribution in [0.1, 0.15) is 31.7 Å². The average molecular weight is 352 g/mol. The first kappa shape index (κ1) is 18.7. The number of rotatable bonds is 6. The molecule has 0 spiro atoms. The normalized spacial score (nSPS) is 21.3. The summed E-state index contributed by atoms with van der Waals surface area (Å²) in [4.78, 5) is 26.6. The highest BCUT2D eigenvalue weighted by atomic mass is 35.5. The third kappa shape index (κ3) is 3.90. The third-order valence-electron chi connectivity index (χ3n) is 4.93. The molecule has 1 aliphatic heterocycles. The highest BCUT2D eigenvalue weighted by molar-refractivity contribution is 6.00. The van der Waals surface area contributed by atoms with Crippen molar-refractivity contribution in [3.63, 3.8) is 0 Å². The summed E-state index contributed by atoms with van der Waals surface area (Å²) in [5, 5.41) is 3.05. The molecule has 1 aliphatic carbocycles. The van der Waals surface area contributed by atoms with Gasteiger partial charge in [0.15, 0.2) is 0 Å². The highest BCUT2D eigenvalue weighted by Gasteiger charge is 2.38. The molecule has 2 aliphatic rings. The van der Waals surface area contributed by atoms with Gasteiger partial charge in [-0.3, -0.25) is 9.59 Å². The van der Waals surface area contributed by atoms with Crippen LogP contribution in [0.25, 0.3) is 0 Å². The minimum Gasteiger partial charge on any atom is -0.352 e. The van der Waals surface area contributed by atoms with E-state index in [0.29, 0.717) is 19.0 Å². The number of para-hydroxylation sites is 1. The van der Waals surface area contributed by atoms with Gasteiger partial charge in [-0.15, -0.1) is 12.4 Å². The summed E-state index contributed by atoms with van der Waals surface area (Å²) < 4.78 is 0. The fourth-order valence-electron chi connectivity index (χ4n) is 3.36. The van der Waals surface area contributed by atoms with E-state index < -0.39 is 0 Å². The maximum absolute atomic E-state index is 12.5. The van der Waals surface area contributed by atoms with Crippen molar-refractivity contribution in [2.75, 3.05) is 18.0 Å². The van der Waals surface area contributed by atoms with Crippen LogP contribution in [0.3, 0.4) is 0 Å². The lowest BCUT2D eigenvalue weighted by molar-refractivity contribution is -0.127. The molecule has 2 fully saturated rings. The summed E-state index contributed by atoms with van der Waals surface area (Å²) >= 11 is 0. The molecule has 3 N–H and O–H groups in total. The Morgan fingerprint density at radius 1 is 1.38 bits per heavy atom. The molecule has 3 rings (SSSR count). The first-order chi connectivity index (χ1) is 11.1. The van der Waals surface area contributed by atoms with Gasteiger partial charge in [0.1, 0.15) is 0 Å². The third-order valence-corrected chi connectivity index (χ3v) is 4.93. The Morgan fingerprint density at radius 2 is 2.08 bits per heavy atom. The van der Waals surface area contributed by atoms with Crippen molar-refractivity contribution in [3.05, 3.63) is 29.8 Å². The maximum atomic E-state index is 12.5. The number of carbonyl (C=O) groups is 2. The predicted octanol–water partition coefficient (Wildman–Crippen LogP) is 1.88. The van der Waals surface area contributed by atoms with E-state index in [1.807, 2.05) is 24.3 Å². The standard InChI is InChI=1S/C18H25N3O2.ClH/c1-2-12-5-3-4-6-16(12)21-11-14(9-17(21)22)18(23)20-15(10-19)13-7-8-13;/h3-6,13-15H,2,7-11,19H2,1H3,(H,20,23);1H. The second kappa shape index (κ2) is 7.99. The van der Waals surface area contributed by atoms with Crippen molar-refractivity contribution in [1.82, 2.24) is 5.32 Å². The Labute approximate surface area is 149 Å². The fraction of sp³-hybridized carbons (Fsp3) is 0.556. The van der Waals surface area contributed by atoms with Gasteiger partial charge in [-0.05, 0) is 36.8 Å². The second-order valence-corrected chi connectivity index (χ2v) is 6.58. The molecule has 0 aromatic heterocycles. The van der Waals surface area contributed by atoms with Crippen molar-refractivity contribution in [3.8, 4) is 0 Å². The van der Waals surface area contributed by atoms with Gasteiger partial charge in [0.25, 0.3) is 0 Å². The van der Waals surface area contributed by atoms with Crippen molar-refractivity contribution in [2.24, 2.45) is 17.6 Å². The minimum atomic E-state index is -0.278. The molecule has 1 heterocycles. The zero-order valence-electron chi connectivity index (χ0n) is 14.0. The molecule has 5 nitrogen and oxygen atoms in total. The molecule has 1 aromatic rings. The van der Waals surface area contributed by atoms with Gasteiger partial charge in [-0.1, -0.05) is 25.1 Å². The molecule has 0 radical (unpaired) electrons. The van der Waals surface area contributed by atoms with Crippen LogP contribution < -0.4 is 16.0 Å². The predicted molar refractivity (Wildman–Crippen MR) is 97.2 cm³/mol. The minimum absolute atomic E-state index is 0. The smallest absolute Gasteiger partial charge is 0.227 e. The zero-order chi connectivity index (χ0) is 16.4. The SMILES string of the molecule is CCc1ccccc1N1CC(C(=O)NC(CN)C2CC2)CC1=O.Cl. The molecule has 1 saturated carbocycles. The van der Waals surface area contributed by atoms with Crippen LogP contribution in [-0.2, 0) is 16.0 Å². The molecule has 2 unspecified atom stereocenters. The van der Waals surface area contributed by atoms with Crippen LogP contribution >= 0.6 is 12.4 Å². The summed E-state index contributed by atoms with van der Waals surface area (Å²) in [6, 6.07) is 7.98. The molecule has 2 amide bonds. The topological polar surface area (TPSA) is 75.4 Å². The average Bonchev–Trinajstić information content (AvgIpc) is 3.34. The van der Waals surface area contributed by atoms with Crippen LogP contribution in [0.2, 0.25) is 0 Å². The van der Waals surface area contributed by atoms with E-state index >= 15 is 0 Å². The van der Waals surface area contributed by atoms with Crippen LogP contribution in [0.5, 0.6) is 0 Å². The molecule has 0 bridgehead atoms. The van der Waals surface area contributed by atoms with E-state index in [-0.39, 0.29) is 42.6 Å². The van der Waals surface area contributed by atoms with Gasteiger partial charge < -0.3 is 16.0 Å². The number of aryl methyl sites for hydroxylation is 1. The number of nitrogens with one attached hydrogen (secondary N) is 1. The number of hydrogen-bond donors (Lipinski definition) is 2. The van der Waals surface area contributed by atoms with Crippen molar-refractivity contribution >= 4 is 29.9 Å². The number of carbonyl (C=O) groups excluding carboxylic acids is 2. The second-order valence-electron chi connectivity index (χ2n) is 6.58. The number of nitrogens with two attached hydrogens (primary N) is 1. The number of halogens is 1. The number of benzene rings is 1. The molecular formula is C18H26ClN3O2. The lowest BCUT2D eigenvalue weighted by Gasteiger charge is -2.21. The Hall–Kier alpha value is -1.59. The van der Waals surface area contributed by atoms with Crippen molar-refractivity contribution in [1.29, 1.82) is 0 Å². The van der Waals surface area contributed by atoms with Gasteiger partial charge in [-0.2, -0.15) is 0 Å². The number of hydrogen-bond acceptors (Lipinski definition) is 3. The van der Waals surface area contributed by atoms with Gasteiger partial charge in [0.05, 0.1) is 5.92 Å². The Kier molecular flexibility index (Phi) is 6.24. The summed E-state index contributed by atoms with van der Waals surface area (Å²) in [5.41, 5.74) is 7.83. The maximum Gasteiger partial charge on any atom is 0.227 e. The molecule has 2 atom stereocenters. The zero-order valence-corrected chi connectivity index (χ0v) is 14.8. The van der Waals surface area contributed by atoms with E-state index in [0.717, 1.165) is 30.5 Å². The molecule has 6 heteroatoms. The fourth-order valence-corrected chi connectivity index (χ4v) is 3.36. The van der Waals surface area contributed by atoms with Crippen molar-refractivity contribution in [2.45, 2.75) is 38.6 Å². The largest absolute Gasteiger partial charge is 0.352 e. The van der Waals surface area contributed by atoms with Gasteiger partial charge in [0, 0.05) is 31.2 Å². The van der Waals surface area contributed by atoms with E-state index in [2.05, 4.69) is 12.2 Å². The van der Waals surface area contributed by atoms with E-state index in [1.54, 1.807) is 4.90 Å². The molecule has 132 valence electrons. The number of nitrogens with zero attached hydrogens (tertiary/aromatic N) is 1. The number of amides is 2. The van der Waals surface area contributed by atoms with E-state index in [4.69, 9.17) is 5.73 Å². The van der Waals surface area contributed by atoms with Crippen LogP contribution in [0, 0.1) is 11.8 Å². The summed E-state index contributed by atoms with van der Waals surface area (Å²) in [6.45, 7) is 3.01. The quantitative estimate of drug-likeness (QED) is 0.821. The summed E-state index contributed by atoms with van der Waals surface area (Å²) in [5.74, 6) is 0.247. The van der Waals surface area contributed by atoms with Crippen molar-refractivity contribution < 1.29 is 9.59 Å². The Morgan fingerprint density at radius 3 is 2.71 bits per heavy atom. The highest BCUT2D eigenvalue weighted by Crippen LogP contribution is 2.33.